The summed E-state index contributed by atoms with van der Waals surface area (Å²) in [5.41, 5.74) is 2.37. The molecule has 0 bridgehead atoms. The molecule has 2 aromatic rings. The molecule has 1 atom stereocenters. The molecule has 0 unspecified atom stereocenters. The van der Waals surface area contributed by atoms with Crippen LogP contribution < -0.4 is 10.6 Å². The molecule has 0 radical (unpaired) electrons. The van der Waals surface area contributed by atoms with Gasteiger partial charge in [0.15, 0.2) is 5.13 Å². The van der Waals surface area contributed by atoms with Crippen molar-refractivity contribution >= 4 is 34.1 Å². The standard InChI is InChI=1S/C14H14ClN3OS/c1-8-7-16-14(20-8)18-13(19)17-12-5-2-9-6-10(15)3-4-11(9)12/h3-4,6-7,12H,2,5H2,1H3,(H2,16,17,18,19)/t12-/m0/s1. The molecule has 20 heavy (non-hydrogen) atoms. The zero-order chi connectivity index (χ0) is 14.1. The summed E-state index contributed by atoms with van der Waals surface area (Å²) in [6.45, 7) is 1.96. The number of nitrogens with one attached hydrogen (secondary N) is 2. The summed E-state index contributed by atoms with van der Waals surface area (Å²) in [6, 6.07) is 5.65. The lowest BCUT2D eigenvalue weighted by Gasteiger charge is -2.14. The van der Waals surface area contributed by atoms with Gasteiger partial charge in [0, 0.05) is 16.1 Å². The summed E-state index contributed by atoms with van der Waals surface area (Å²) < 4.78 is 0. The number of aryl methyl sites for hydroxylation is 2. The molecule has 0 saturated carbocycles. The first-order valence-electron chi connectivity index (χ1n) is 6.40. The molecule has 0 fully saturated rings. The number of carbonyl (C=O) groups excluding carboxylic acids is 1. The third kappa shape index (κ3) is 2.78. The average Bonchev–Trinajstić information content (AvgIpc) is 2.96. The van der Waals surface area contributed by atoms with E-state index < -0.39 is 0 Å². The minimum absolute atomic E-state index is 0.0447. The number of rotatable bonds is 2. The molecule has 2 N–H and O–H groups in total. The molecule has 1 aliphatic carbocycles. The van der Waals surface area contributed by atoms with Crippen molar-refractivity contribution in [1.82, 2.24) is 10.3 Å². The van der Waals surface area contributed by atoms with Crippen molar-refractivity contribution in [3.05, 3.63) is 45.4 Å². The van der Waals surface area contributed by atoms with E-state index in [9.17, 15) is 4.79 Å². The van der Waals surface area contributed by atoms with Crippen LogP contribution in [0.3, 0.4) is 0 Å². The number of benzene rings is 1. The Kier molecular flexibility index (Phi) is 3.63. The van der Waals surface area contributed by atoms with Crippen LogP contribution in [0, 0.1) is 6.92 Å². The molecular weight excluding hydrogens is 294 g/mol. The monoisotopic (exact) mass is 307 g/mol. The van der Waals surface area contributed by atoms with Gasteiger partial charge in [-0.15, -0.1) is 11.3 Å². The average molecular weight is 308 g/mol. The Labute approximate surface area is 126 Å². The van der Waals surface area contributed by atoms with Crippen LogP contribution in [0.15, 0.2) is 24.4 Å². The molecule has 1 aliphatic rings. The molecule has 1 aromatic carbocycles. The van der Waals surface area contributed by atoms with Gasteiger partial charge in [-0.05, 0) is 43.0 Å². The predicted molar refractivity (Wildman–Crippen MR) is 81.5 cm³/mol. The minimum Gasteiger partial charge on any atom is -0.331 e. The van der Waals surface area contributed by atoms with E-state index in [0.717, 1.165) is 28.3 Å². The van der Waals surface area contributed by atoms with Gasteiger partial charge < -0.3 is 5.32 Å². The molecule has 6 heteroatoms. The number of carbonyl (C=O) groups is 1. The number of aromatic nitrogens is 1. The van der Waals surface area contributed by atoms with Crippen LogP contribution in [-0.2, 0) is 6.42 Å². The summed E-state index contributed by atoms with van der Waals surface area (Å²) in [5.74, 6) is 0. The number of urea groups is 1. The van der Waals surface area contributed by atoms with E-state index in [2.05, 4.69) is 15.6 Å². The second-order valence-electron chi connectivity index (χ2n) is 4.81. The number of hydrogen-bond acceptors (Lipinski definition) is 3. The van der Waals surface area contributed by atoms with Crippen molar-refractivity contribution in [3.63, 3.8) is 0 Å². The first-order chi connectivity index (χ1) is 9.61. The van der Waals surface area contributed by atoms with Crippen LogP contribution in [0.4, 0.5) is 9.93 Å². The normalized spacial score (nSPS) is 16.8. The van der Waals surface area contributed by atoms with Crippen molar-refractivity contribution in [2.75, 3.05) is 5.32 Å². The van der Waals surface area contributed by atoms with Gasteiger partial charge in [0.05, 0.1) is 6.04 Å². The Morgan fingerprint density at radius 3 is 3.10 bits per heavy atom. The zero-order valence-electron chi connectivity index (χ0n) is 10.9. The van der Waals surface area contributed by atoms with Crippen LogP contribution in [0.25, 0.3) is 0 Å². The van der Waals surface area contributed by atoms with E-state index in [1.54, 1.807) is 6.20 Å². The van der Waals surface area contributed by atoms with E-state index >= 15 is 0 Å². The van der Waals surface area contributed by atoms with Gasteiger partial charge in [0.1, 0.15) is 0 Å². The quantitative estimate of drug-likeness (QED) is 0.883. The number of hydrogen-bond donors (Lipinski definition) is 2. The maximum Gasteiger partial charge on any atom is 0.321 e. The lowest BCUT2D eigenvalue weighted by Crippen LogP contribution is -2.31. The van der Waals surface area contributed by atoms with Gasteiger partial charge in [0.25, 0.3) is 0 Å². The molecular formula is C14H14ClN3OS. The molecule has 1 heterocycles. The SMILES string of the molecule is Cc1cnc(NC(=O)N[C@H]2CCc3cc(Cl)ccc32)s1. The summed E-state index contributed by atoms with van der Waals surface area (Å²) >= 11 is 7.44. The number of nitrogens with zero attached hydrogens (tertiary/aromatic N) is 1. The van der Waals surface area contributed by atoms with E-state index in [1.165, 1.54) is 16.9 Å². The second-order valence-corrected chi connectivity index (χ2v) is 6.48. The Morgan fingerprint density at radius 2 is 2.35 bits per heavy atom. The van der Waals surface area contributed by atoms with Crippen LogP contribution in [0.5, 0.6) is 0 Å². The Hall–Kier alpha value is -1.59. The highest BCUT2D eigenvalue weighted by Crippen LogP contribution is 2.32. The van der Waals surface area contributed by atoms with Crippen LogP contribution in [0.2, 0.25) is 5.02 Å². The number of anilines is 1. The van der Waals surface area contributed by atoms with Crippen LogP contribution in [0.1, 0.15) is 28.5 Å². The molecule has 0 saturated heterocycles. The lowest BCUT2D eigenvalue weighted by atomic mass is 10.1. The van der Waals surface area contributed by atoms with Gasteiger partial charge in [-0.25, -0.2) is 9.78 Å². The number of halogens is 1. The molecule has 0 spiro atoms. The van der Waals surface area contributed by atoms with Gasteiger partial charge in [-0.1, -0.05) is 17.7 Å². The van der Waals surface area contributed by atoms with Crippen molar-refractivity contribution in [1.29, 1.82) is 0 Å². The smallest absolute Gasteiger partial charge is 0.321 e. The summed E-state index contributed by atoms with van der Waals surface area (Å²) in [6.07, 6.45) is 3.59. The fraction of sp³-hybridized carbons (Fsp3) is 0.286. The van der Waals surface area contributed by atoms with Gasteiger partial charge in [-0.3, -0.25) is 5.32 Å². The second kappa shape index (κ2) is 5.42. The summed E-state index contributed by atoms with van der Waals surface area (Å²) in [4.78, 5) is 17.2. The zero-order valence-corrected chi connectivity index (χ0v) is 12.5. The minimum atomic E-state index is -0.216. The fourth-order valence-corrected chi connectivity index (χ4v) is 3.29. The molecule has 0 aliphatic heterocycles. The highest BCUT2D eigenvalue weighted by Gasteiger charge is 2.24. The van der Waals surface area contributed by atoms with Gasteiger partial charge in [-0.2, -0.15) is 0 Å². The molecule has 104 valence electrons. The van der Waals surface area contributed by atoms with Crippen molar-refractivity contribution in [3.8, 4) is 0 Å². The van der Waals surface area contributed by atoms with E-state index in [0.29, 0.717) is 5.13 Å². The third-order valence-electron chi connectivity index (χ3n) is 3.33. The molecule has 1 aromatic heterocycles. The summed E-state index contributed by atoms with van der Waals surface area (Å²) in [5, 5.41) is 7.11. The highest BCUT2D eigenvalue weighted by atomic mass is 35.5. The molecule has 2 amide bonds. The highest BCUT2D eigenvalue weighted by molar-refractivity contribution is 7.15. The third-order valence-corrected chi connectivity index (χ3v) is 4.39. The van der Waals surface area contributed by atoms with Crippen molar-refractivity contribution in [2.45, 2.75) is 25.8 Å². The van der Waals surface area contributed by atoms with E-state index in [1.807, 2.05) is 25.1 Å². The van der Waals surface area contributed by atoms with Crippen LogP contribution >= 0.6 is 22.9 Å². The first kappa shape index (κ1) is 13.4. The molecule has 4 nitrogen and oxygen atoms in total. The van der Waals surface area contributed by atoms with Gasteiger partial charge >= 0.3 is 6.03 Å². The van der Waals surface area contributed by atoms with Crippen LogP contribution in [-0.4, -0.2) is 11.0 Å². The lowest BCUT2D eigenvalue weighted by molar-refractivity contribution is 0.248. The maximum atomic E-state index is 12.0. The maximum absolute atomic E-state index is 12.0. The number of amides is 2. The largest absolute Gasteiger partial charge is 0.331 e. The van der Waals surface area contributed by atoms with Gasteiger partial charge in [0.2, 0.25) is 0 Å². The Bertz CT molecular complexity index is 656. The van der Waals surface area contributed by atoms with E-state index in [-0.39, 0.29) is 12.1 Å². The summed E-state index contributed by atoms with van der Waals surface area (Å²) in [7, 11) is 0. The molecule has 3 rings (SSSR count). The Morgan fingerprint density at radius 1 is 1.50 bits per heavy atom. The first-order valence-corrected chi connectivity index (χ1v) is 7.59. The number of fused-ring (bicyclic) bond motifs is 1. The number of thiazole rings is 1. The van der Waals surface area contributed by atoms with Crippen molar-refractivity contribution in [2.24, 2.45) is 0 Å². The predicted octanol–water partition coefficient (Wildman–Crippen LogP) is 3.91. The Balaban J connectivity index is 1.66. The fourth-order valence-electron chi connectivity index (χ4n) is 2.44. The topological polar surface area (TPSA) is 54.0 Å². The van der Waals surface area contributed by atoms with E-state index in [4.69, 9.17) is 11.6 Å². The van der Waals surface area contributed by atoms with Crippen molar-refractivity contribution < 1.29 is 4.79 Å².